The largest absolute Gasteiger partial charge is 0.422 e. The van der Waals surface area contributed by atoms with Gasteiger partial charge in [0.1, 0.15) is 0 Å². The fourth-order valence-electron chi connectivity index (χ4n) is 1.68. The second-order valence-corrected chi connectivity index (χ2v) is 4.37. The number of rotatable bonds is 10. The lowest BCUT2D eigenvalue weighted by atomic mass is 10.4. The van der Waals surface area contributed by atoms with Gasteiger partial charge in [0.25, 0.3) is 6.35 Å². The third kappa shape index (κ3) is 5.77. The molecule has 0 saturated heterocycles. The van der Waals surface area contributed by atoms with Gasteiger partial charge in [0.2, 0.25) is 0 Å². The quantitative estimate of drug-likeness (QED) is 0.421. The zero-order chi connectivity index (χ0) is 14.8. The standard InChI is InChI=1S/C13H24N2O5/c1-14-5-6-15(7-9-17-2)13(14)20-12(16)4-8-19-11-10-18-3/h5-6,13H,4,7-11H2,1-3H3. The van der Waals surface area contributed by atoms with Crippen molar-refractivity contribution >= 4 is 5.97 Å². The van der Waals surface area contributed by atoms with Crippen LogP contribution in [0.25, 0.3) is 0 Å². The van der Waals surface area contributed by atoms with Crippen LogP contribution in [0, 0.1) is 0 Å². The molecule has 0 aliphatic carbocycles. The molecule has 1 atom stereocenters. The molecule has 0 aromatic carbocycles. The van der Waals surface area contributed by atoms with Gasteiger partial charge < -0.3 is 28.7 Å². The average Bonchev–Trinajstić information content (AvgIpc) is 2.77. The van der Waals surface area contributed by atoms with E-state index in [1.165, 1.54) is 0 Å². The minimum Gasteiger partial charge on any atom is -0.422 e. The molecule has 1 heterocycles. The Bertz CT molecular complexity index is 311. The van der Waals surface area contributed by atoms with Crippen molar-refractivity contribution in [1.82, 2.24) is 9.80 Å². The van der Waals surface area contributed by atoms with Gasteiger partial charge in [0.15, 0.2) is 0 Å². The summed E-state index contributed by atoms with van der Waals surface area (Å²) in [4.78, 5) is 15.5. The molecule has 0 aromatic rings. The smallest absolute Gasteiger partial charge is 0.311 e. The van der Waals surface area contributed by atoms with Gasteiger partial charge in [-0.3, -0.25) is 4.79 Å². The van der Waals surface area contributed by atoms with E-state index in [-0.39, 0.29) is 12.4 Å². The minimum atomic E-state index is -0.406. The lowest BCUT2D eigenvalue weighted by molar-refractivity contribution is -0.168. The highest BCUT2D eigenvalue weighted by Gasteiger charge is 2.26. The van der Waals surface area contributed by atoms with E-state index in [4.69, 9.17) is 18.9 Å². The molecule has 7 nitrogen and oxygen atoms in total. The highest BCUT2D eigenvalue weighted by Crippen LogP contribution is 2.15. The van der Waals surface area contributed by atoms with Crippen molar-refractivity contribution in [2.75, 3.05) is 54.2 Å². The Labute approximate surface area is 120 Å². The number of hydrogen-bond donors (Lipinski definition) is 0. The predicted molar refractivity (Wildman–Crippen MR) is 72.7 cm³/mol. The summed E-state index contributed by atoms with van der Waals surface area (Å²) in [5, 5.41) is 0. The van der Waals surface area contributed by atoms with Crippen molar-refractivity contribution in [1.29, 1.82) is 0 Å². The first-order valence-electron chi connectivity index (χ1n) is 6.60. The van der Waals surface area contributed by atoms with Crippen LogP contribution in [0.4, 0.5) is 0 Å². The number of methoxy groups -OCH3 is 2. The van der Waals surface area contributed by atoms with Gasteiger partial charge in [0, 0.05) is 40.2 Å². The van der Waals surface area contributed by atoms with E-state index in [0.717, 1.165) is 0 Å². The fraction of sp³-hybridized carbons (Fsp3) is 0.769. The summed E-state index contributed by atoms with van der Waals surface area (Å²) in [5.41, 5.74) is 0. The Morgan fingerprint density at radius 3 is 2.55 bits per heavy atom. The van der Waals surface area contributed by atoms with E-state index in [1.54, 1.807) is 14.2 Å². The molecule has 7 heteroatoms. The van der Waals surface area contributed by atoms with E-state index < -0.39 is 6.35 Å². The van der Waals surface area contributed by atoms with Crippen LogP contribution < -0.4 is 0 Å². The molecule has 0 bridgehead atoms. The molecular formula is C13H24N2O5. The Hall–Kier alpha value is -1.31. The lowest BCUT2D eigenvalue weighted by Gasteiger charge is -2.29. The molecule has 0 fully saturated rings. The van der Waals surface area contributed by atoms with Crippen molar-refractivity contribution in [2.24, 2.45) is 0 Å². The summed E-state index contributed by atoms with van der Waals surface area (Å²) >= 11 is 0. The molecule has 1 aliphatic heterocycles. The first-order valence-corrected chi connectivity index (χ1v) is 6.60. The maximum absolute atomic E-state index is 11.8. The molecule has 1 aliphatic rings. The summed E-state index contributed by atoms with van der Waals surface area (Å²) in [5.74, 6) is -0.287. The topological polar surface area (TPSA) is 60.5 Å². The summed E-state index contributed by atoms with van der Waals surface area (Å²) in [7, 11) is 5.10. The Morgan fingerprint density at radius 2 is 1.85 bits per heavy atom. The molecule has 1 unspecified atom stereocenters. The van der Waals surface area contributed by atoms with Crippen molar-refractivity contribution in [3.8, 4) is 0 Å². The number of esters is 1. The van der Waals surface area contributed by atoms with Crippen molar-refractivity contribution < 1.29 is 23.7 Å². The molecule has 0 radical (unpaired) electrons. The number of hydrogen-bond acceptors (Lipinski definition) is 7. The van der Waals surface area contributed by atoms with Crippen LogP contribution in [-0.4, -0.2) is 76.4 Å². The lowest BCUT2D eigenvalue weighted by Crippen LogP contribution is -2.41. The summed E-state index contributed by atoms with van der Waals surface area (Å²) in [6, 6.07) is 0. The SMILES string of the molecule is COCCOCCC(=O)OC1N(C)C=CN1CCOC. The number of ether oxygens (including phenoxy) is 4. The van der Waals surface area contributed by atoms with E-state index >= 15 is 0 Å². The van der Waals surface area contributed by atoms with Crippen LogP contribution in [0.2, 0.25) is 0 Å². The van der Waals surface area contributed by atoms with E-state index in [1.807, 2.05) is 29.2 Å². The second kappa shape index (κ2) is 9.57. The second-order valence-electron chi connectivity index (χ2n) is 4.37. The molecule has 0 N–H and O–H groups in total. The summed E-state index contributed by atoms with van der Waals surface area (Å²) in [6.07, 6.45) is 3.57. The number of nitrogens with zero attached hydrogens (tertiary/aromatic N) is 2. The van der Waals surface area contributed by atoms with Gasteiger partial charge >= 0.3 is 5.97 Å². The van der Waals surface area contributed by atoms with Crippen LogP contribution in [0.15, 0.2) is 12.4 Å². The highest BCUT2D eigenvalue weighted by atomic mass is 16.6. The van der Waals surface area contributed by atoms with Gasteiger partial charge in [-0.15, -0.1) is 0 Å². The number of carbonyl (C=O) groups is 1. The van der Waals surface area contributed by atoms with Crippen LogP contribution >= 0.6 is 0 Å². The maximum atomic E-state index is 11.8. The molecule has 0 amide bonds. The molecule has 0 spiro atoms. The molecule has 0 saturated carbocycles. The van der Waals surface area contributed by atoms with Gasteiger partial charge in [0.05, 0.1) is 32.8 Å². The minimum absolute atomic E-state index is 0.228. The van der Waals surface area contributed by atoms with Crippen LogP contribution in [0.5, 0.6) is 0 Å². The Kier molecular flexibility index (Phi) is 8.01. The molecule has 116 valence electrons. The maximum Gasteiger partial charge on any atom is 0.311 e. The highest BCUT2D eigenvalue weighted by molar-refractivity contribution is 5.69. The Morgan fingerprint density at radius 1 is 1.10 bits per heavy atom. The molecule has 0 aromatic heterocycles. The van der Waals surface area contributed by atoms with Crippen LogP contribution in [0.1, 0.15) is 6.42 Å². The zero-order valence-electron chi connectivity index (χ0n) is 12.4. The Balaban J connectivity index is 2.24. The molecular weight excluding hydrogens is 264 g/mol. The van der Waals surface area contributed by atoms with Gasteiger partial charge in [-0.2, -0.15) is 0 Å². The first kappa shape index (κ1) is 16.7. The van der Waals surface area contributed by atoms with Crippen LogP contribution in [0.3, 0.4) is 0 Å². The van der Waals surface area contributed by atoms with Gasteiger partial charge in [-0.25, -0.2) is 0 Å². The molecule has 1 rings (SSSR count). The third-order valence-electron chi connectivity index (χ3n) is 2.80. The first-order chi connectivity index (χ1) is 9.69. The average molecular weight is 288 g/mol. The van der Waals surface area contributed by atoms with Gasteiger partial charge in [-0.05, 0) is 0 Å². The van der Waals surface area contributed by atoms with E-state index in [9.17, 15) is 4.79 Å². The van der Waals surface area contributed by atoms with E-state index in [2.05, 4.69) is 0 Å². The number of carbonyl (C=O) groups excluding carboxylic acids is 1. The van der Waals surface area contributed by atoms with Crippen molar-refractivity contribution in [3.63, 3.8) is 0 Å². The third-order valence-corrected chi connectivity index (χ3v) is 2.80. The summed E-state index contributed by atoms with van der Waals surface area (Å²) < 4.78 is 20.5. The predicted octanol–water partition coefficient (Wildman–Crippen LogP) is 0.231. The van der Waals surface area contributed by atoms with E-state index in [0.29, 0.717) is 33.0 Å². The monoisotopic (exact) mass is 288 g/mol. The van der Waals surface area contributed by atoms with Crippen molar-refractivity contribution in [3.05, 3.63) is 12.4 Å². The van der Waals surface area contributed by atoms with Crippen molar-refractivity contribution in [2.45, 2.75) is 12.8 Å². The normalized spacial score (nSPS) is 17.9. The summed E-state index contributed by atoms with van der Waals surface area (Å²) in [6.45, 7) is 2.58. The molecule has 20 heavy (non-hydrogen) atoms. The van der Waals surface area contributed by atoms with Gasteiger partial charge in [-0.1, -0.05) is 0 Å². The fourth-order valence-corrected chi connectivity index (χ4v) is 1.68. The zero-order valence-corrected chi connectivity index (χ0v) is 12.4. The van der Waals surface area contributed by atoms with Crippen LogP contribution in [-0.2, 0) is 23.7 Å².